The molecule has 1 rings (SSSR count). The number of hydrogen-bond donors (Lipinski definition) is 1. The van der Waals surface area contributed by atoms with E-state index in [9.17, 15) is 9.59 Å². The average Bonchev–Trinajstić information content (AvgIpc) is 2.26. The van der Waals surface area contributed by atoms with Crippen LogP contribution in [0.1, 0.15) is 22.3 Å². The lowest BCUT2D eigenvalue weighted by atomic mass is 10.0. The van der Waals surface area contributed by atoms with Gasteiger partial charge in [-0.05, 0) is 24.1 Å². The number of aryl methyl sites for hydroxylation is 1. The highest BCUT2D eigenvalue weighted by Crippen LogP contribution is 2.18. The molecule has 4 nitrogen and oxygen atoms in total. The van der Waals surface area contributed by atoms with Gasteiger partial charge in [0.05, 0.1) is 12.7 Å². The molecule has 0 aliphatic rings. The molecule has 0 heterocycles. The third kappa shape index (κ3) is 3.24. The van der Waals surface area contributed by atoms with E-state index in [2.05, 4.69) is 4.74 Å². The predicted molar refractivity (Wildman–Crippen MR) is 58.7 cm³/mol. The normalized spacial score (nSPS) is 9.88. The zero-order valence-electron chi connectivity index (χ0n) is 8.70. The molecule has 0 saturated heterocycles. The summed E-state index contributed by atoms with van der Waals surface area (Å²) < 4.78 is 4.59. The van der Waals surface area contributed by atoms with Gasteiger partial charge in [0.15, 0.2) is 0 Å². The van der Waals surface area contributed by atoms with Crippen molar-refractivity contribution in [3.63, 3.8) is 0 Å². The molecule has 0 aliphatic heterocycles. The number of benzene rings is 1. The van der Waals surface area contributed by atoms with E-state index in [-0.39, 0.29) is 12.8 Å². The molecule has 0 spiro atoms. The summed E-state index contributed by atoms with van der Waals surface area (Å²) in [7, 11) is 1.27. The first kappa shape index (κ1) is 12.5. The van der Waals surface area contributed by atoms with E-state index in [0.717, 1.165) is 0 Å². The van der Waals surface area contributed by atoms with Crippen molar-refractivity contribution in [2.45, 2.75) is 12.8 Å². The molecular formula is C11H11ClO4. The zero-order valence-corrected chi connectivity index (χ0v) is 9.45. The van der Waals surface area contributed by atoms with Gasteiger partial charge in [0.1, 0.15) is 0 Å². The van der Waals surface area contributed by atoms with Crippen molar-refractivity contribution in [1.82, 2.24) is 0 Å². The Kier molecular flexibility index (Phi) is 4.31. The van der Waals surface area contributed by atoms with Crippen molar-refractivity contribution in [1.29, 1.82) is 0 Å². The Balaban J connectivity index is 2.98. The lowest BCUT2D eigenvalue weighted by molar-refractivity contribution is -0.136. The molecule has 5 heteroatoms. The molecule has 1 aromatic rings. The van der Waals surface area contributed by atoms with Crippen molar-refractivity contribution >= 4 is 23.5 Å². The molecular weight excluding hydrogens is 232 g/mol. The van der Waals surface area contributed by atoms with Crippen LogP contribution in [0.15, 0.2) is 18.2 Å². The summed E-state index contributed by atoms with van der Waals surface area (Å²) >= 11 is 5.76. The maximum Gasteiger partial charge on any atom is 0.338 e. The van der Waals surface area contributed by atoms with Crippen molar-refractivity contribution < 1.29 is 19.4 Å². The molecule has 0 aliphatic carbocycles. The van der Waals surface area contributed by atoms with Gasteiger partial charge in [-0.1, -0.05) is 17.7 Å². The molecule has 16 heavy (non-hydrogen) atoms. The minimum atomic E-state index is -0.911. The number of carboxylic acid groups (broad SMARTS) is 1. The fourth-order valence-corrected chi connectivity index (χ4v) is 1.48. The van der Waals surface area contributed by atoms with Gasteiger partial charge in [-0.3, -0.25) is 4.79 Å². The second kappa shape index (κ2) is 5.51. The Hall–Kier alpha value is -1.55. The molecule has 1 aromatic carbocycles. The number of methoxy groups -OCH3 is 1. The van der Waals surface area contributed by atoms with E-state index in [0.29, 0.717) is 16.1 Å². The number of rotatable bonds is 4. The highest BCUT2D eigenvalue weighted by Gasteiger charge is 2.13. The first-order valence-electron chi connectivity index (χ1n) is 4.63. The monoisotopic (exact) mass is 242 g/mol. The third-order valence-corrected chi connectivity index (χ3v) is 2.32. The van der Waals surface area contributed by atoms with Crippen LogP contribution < -0.4 is 0 Å². The minimum absolute atomic E-state index is 0.0361. The Labute approximate surface area is 97.8 Å². The Morgan fingerprint density at radius 3 is 2.69 bits per heavy atom. The van der Waals surface area contributed by atoms with Crippen molar-refractivity contribution in [2.75, 3.05) is 7.11 Å². The standard InChI is InChI=1S/C11H11ClO4/c1-16-11(15)9-6-8(12)4-2-7(9)3-5-10(13)14/h2,4,6H,3,5H2,1H3,(H,13,14). The summed E-state index contributed by atoms with van der Waals surface area (Å²) in [5, 5.41) is 8.99. The molecule has 0 aromatic heterocycles. The van der Waals surface area contributed by atoms with E-state index < -0.39 is 11.9 Å². The second-order valence-corrected chi connectivity index (χ2v) is 3.62. The zero-order chi connectivity index (χ0) is 12.1. The number of esters is 1. The highest BCUT2D eigenvalue weighted by atomic mass is 35.5. The lowest BCUT2D eigenvalue weighted by Gasteiger charge is -2.07. The first-order chi connectivity index (χ1) is 7.54. The van der Waals surface area contributed by atoms with Crippen LogP contribution in [0.3, 0.4) is 0 Å². The third-order valence-electron chi connectivity index (χ3n) is 2.09. The van der Waals surface area contributed by atoms with Gasteiger partial charge in [-0.2, -0.15) is 0 Å². The van der Waals surface area contributed by atoms with Gasteiger partial charge in [-0.25, -0.2) is 4.79 Å². The van der Waals surface area contributed by atoms with Crippen LogP contribution in [0.4, 0.5) is 0 Å². The topological polar surface area (TPSA) is 63.6 Å². The average molecular weight is 243 g/mol. The van der Waals surface area contributed by atoms with E-state index in [4.69, 9.17) is 16.7 Å². The van der Waals surface area contributed by atoms with E-state index in [1.54, 1.807) is 12.1 Å². The van der Waals surface area contributed by atoms with Crippen LogP contribution in [0, 0.1) is 0 Å². The summed E-state index contributed by atoms with van der Waals surface area (Å²) in [6.45, 7) is 0. The van der Waals surface area contributed by atoms with Gasteiger partial charge < -0.3 is 9.84 Å². The first-order valence-corrected chi connectivity index (χ1v) is 5.01. The molecule has 0 fully saturated rings. The van der Waals surface area contributed by atoms with E-state index in [1.165, 1.54) is 13.2 Å². The minimum Gasteiger partial charge on any atom is -0.481 e. The molecule has 0 bridgehead atoms. The van der Waals surface area contributed by atoms with Gasteiger partial charge in [0, 0.05) is 11.4 Å². The number of carbonyl (C=O) groups is 2. The molecule has 1 N–H and O–H groups in total. The van der Waals surface area contributed by atoms with Gasteiger partial charge >= 0.3 is 11.9 Å². The molecule has 0 radical (unpaired) electrons. The molecule has 0 amide bonds. The number of ether oxygens (including phenoxy) is 1. The second-order valence-electron chi connectivity index (χ2n) is 3.19. The lowest BCUT2D eigenvalue weighted by Crippen LogP contribution is -2.07. The van der Waals surface area contributed by atoms with E-state index in [1.807, 2.05) is 0 Å². The van der Waals surface area contributed by atoms with Crippen molar-refractivity contribution in [3.8, 4) is 0 Å². The maximum atomic E-state index is 11.4. The van der Waals surface area contributed by atoms with Gasteiger partial charge in [0.25, 0.3) is 0 Å². The number of halogens is 1. The van der Waals surface area contributed by atoms with Crippen LogP contribution in [-0.4, -0.2) is 24.2 Å². The Morgan fingerprint density at radius 2 is 2.12 bits per heavy atom. The van der Waals surface area contributed by atoms with Crippen LogP contribution in [0.2, 0.25) is 5.02 Å². The van der Waals surface area contributed by atoms with Crippen LogP contribution >= 0.6 is 11.6 Å². The summed E-state index contributed by atoms with van der Waals surface area (Å²) in [6, 6.07) is 4.73. The number of carbonyl (C=O) groups excluding carboxylic acids is 1. The van der Waals surface area contributed by atoms with E-state index >= 15 is 0 Å². The predicted octanol–water partition coefficient (Wildman–Crippen LogP) is 2.14. The van der Waals surface area contributed by atoms with Crippen molar-refractivity contribution in [2.24, 2.45) is 0 Å². The summed E-state index contributed by atoms with van der Waals surface area (Å²) in [4.78, 5) is 21.9. The number of carboxylic acids is 1. The molecule has 0 atom stereocenters. The Bertz CT molecular complexity index is 414. The Morgan fingerprint density at radius 1 is 1.44 bits per heavy atom. The van der Waals surface area contributed by atoms with Crippen LogP contribution in [0.25, 0.3) is 0 Å². The smallest absolute Gasteiger partial charge is 0.338 e. The largest absolute Gasteiger partial charge is 0.481 e. The SMILES string of the molecule is COC(=O)c1cc(Cl)ccc1CCC(=O)O. The van der Waals surface area contributed by atoms with Crippen LogP contribution in [0.5, 0.6) is 0 Å². The maximum absolute atomic E-state index is 11.4. The quantitative estimate of drug-likeness (QED) is 0.822. The summed E-state index contributed by atoms with van der Waals surface area (Å²) in [6.07, 6.45) is 0.239. The summed E-state index contributed by atoms with van der Waals surface area (Å²) in [5.74, 6) is -1.42. The highest BCUT2D eigenvalue weighted by molar-refractivity contribution is 6.31. The summed E-state index contributed by atoms with van der Waals surface area (Å²) in [5.41, 5.74) is 0.940. The number of aliphatic carboxylic acids is 1. The van der Waals surface area contributed by atoms with Gasteiger partial charge in [-0.15, -0.1) is 0 Å². The number of hydrogen-bond acceptors (Lipinski definition) is 3. The van der Waals surface area contributed by atoms with Gasteiger partial charge in [0.2, 0.25) is 0 Å². The van der Waals surface area contributed by atoms with Crippen LogP contribution in [-0.2, 0) is 16.0 Å². The van der Waals surface area contributed by atoms with Crippen molar-refractivity contribution in [3.05, 3.63) is 34.3 Å². The molecule has 86 valence electrons. The molecule has 0 saturated carbocycles. The molecule has 0 unspecified atom stereocenters. The fourth-order valence-electron chi connectivity index (χ4n) is 1.31. The fraction of sp³-hybridized carbons (Fsp3) is 0.273.